The summed E-state index contributed by atoms with van der Waals surface area (Å²) < 4.78 is 6.58. The molecule has 6 rings (SSSR count). The Bertz CT molecular complexity index is 1270. The van der Waals surface area contributed by atoms with E-state index in [9.17, 15) is 14.4 Å². The first-order valence-electron chi connectivity index (χ1n) is 16.6. The Balaban J connectivity index is 1.22. The Morgan fingerprint density at radius 3 is 2.59 bits per heavy atom. The lowest BCUT2D eigenvalue weighted by Crippen LogP contribution is -2.58. The zero-order chi connectivity index (χ0) is 31.0. The molecule has 1 spiro atoms. The molecule has 1 aromatic rings. The molecule has 3 saturated heterocycles. The van der Waals surface area contributed by atoms with Crippen LogP contribution in [0.15, 0.2) is 41.3 Å². The van der Waals surface area contributed by atoms with Crippen LogP contribution in [-0.2, 0) is 19.1 Å². The quantitative estimate of drug-likeness (QED) is 0.305. The maximum absolute atomic E-state index is 14.4. The van der Waals surface area contributed by atoms with Crippen LogP contribution in [0.5, 0.6) is 0 Å². The van der Waals surface area contributed by atoms with Crippen LogP contribution in [0.2, 0.25) is 0 Å². The highest BCUT2D eigenvalue weighted by molar-refractivity contribution is 7.98. The minimum atomic E-state index is -1.13. The summed E-state index contributed by atoms with van der Waals surface area (Å²) in [4.78, 5) is 50.2. The van der Waals surface area contributed by atoms with Crippen molar-refractivity contribution in [2.24, 2.45) is 23.7 Å². The Morgan fingerprint density at radius 2 is 1.84 bits per heavy atom. The number of fused-ring (bicyclic) bond motifs is 1. The monoisotopic (exact) mass is 623 g/mol. The predicted molar refractivity (Wildman–Crippen MR) is 173 cm³/mol. The molecule has 2 bridgehead atoms. The third-order valence-corrected chi connectivity index (χ3v) is 11.8. The second-order valence-electron chi connectivity index (χ2n) is 13.5. The number of benzene rings is 1. The van der Waals surface area contributed by atoms with Gasteiger partial charge < -0.3 is 30.1 Å². The van der Waals surface area contributed by atoms with Gasteiger partial charge in [0.25, 0.3) is 0 Å². The van der Waals surface area contributed by atoms with Crippen LogP contribution in [-0.4, -0.2) is 108 Å². The fraction of sp³-hybridized carbons (Fsp3) is 0.676. The highest BCUT2D eigenvalue weighted by atomic mass is 32.2. The Labute approximate surface area is 266 Å². The minimum Gasteiger partial charge on any atom is -0.359 e. The summed E-state index contributed by atoms with van der Waals surface area (Å²) >= 11 is 1.61. The molecule has 3 amide bonds. The molecule has 4 aliphatic heterocycles. The molecule has 0 aromatic heterocycles. The normalized spacial score (nSPS) is 35.2. The molecule has 10 heteroatoms. The molecule has 1 saturated carbocycles. The zero-order valence-electron chi connectivity index (χ0n) is 26.7. The van der Waals surface area contributed by atoms with E-state index in [0.29, 0.717) is 24.1 Å². The smallest absolute Gasteiger partial charge is 0.246 e. The molecule has 2 N–H and O–H groups in total. The van der Waals surface area contributed by atoms with Crippen LogP contribution < -0.4 is 10.6 Å². The molecule has 5 aliphatic rings. The number of hydrogen-bond donors (Lipinski definition) is 2. The predicted octanol–water partition coefficient (Wildman–Crippen LogP) is 3.47. The van der Waals surface area contributed by atoms with Gasteiger partial charge in [-0.1, -0.05) is 51.8 Å². The van der Waals surface area contributed by atoms with E-state index in [0.717, 1.165) is 63.4 Å². The SMILES string of the molecule is CCN1CCN(CCCN2C(=O)C3C(C(=O)Nc4cccc(SC)c4)C4C=CC3(O4)C2C(=O)NC2CCCC(C)C2C)CC1. The average molecular weight is 624 g/mol. The lowest BCUT2D eigenvalue weighted by Gasteiger charge is -2.38. The largest absolute Gasteiger partial charge is 0.359 e. The van der Waals surface area contributed by atoms with Gasteiger partial charge in [-0.2, -0.15) is 0 Å². The van der Waals surface area contributed by atoms with Crippen molar-refractivity contribution in [3.05, 3.63) is 36.4 Å². The van der Waals surface area contributed by atoms with Crippen LogP contribution >= 0.6 is 11.8 Å². The van der Waals surface area contributed by atoms with Crippen molar-refractivity contribution in [3.8, 4) is 0 Å². The zero-order valence-corrected chi connectivity index (χ0v) is 27.5. The van der Waals surface area contributed by atoms with E-state index in [-0.39, 0.29) is 23.8 Å². The van der Waals surface area contributed by atoms with Crippen LogP contribution in [0.1, 0.15) is 46.5 Å². The van der Waals surface area contributed by atoms with E-state index >= 15 is 0 Å². The fourth-order valence-corrected chi connectivity index (χ4v) is 8.73. The van der Waals surface area contributed by atoms with Gasteiger partial charge in [0.15, 0.2) is 0 Å². The lowest BCUT2D eigenvalue weighted by molar-refractivity contribution is -0.141. The fourth-order valence-electron chi connectivity index (χ4n) is 8.28. The number of likely N-dealkylation sites (N-methyl/N-ethyl adjacent to an activating group) is 1. The molecule has 0 radical (unpaired) electrons. The number of nitrogens with zero attached hydrogens (tertiary/aromatic N) is 3. The molecular weight excluding hydrogens is 574 g/mol. The summed E-state index contributed by atoms with van der Waals surface area (Å²) in [6, 6.07) is 6.99. The Morgan fingerprint density at radius 1 is 1.07 bits per heavy atom. The van der Waals surface area contributed by atoms with E-state index in [2.05, 4.69) is 41.2 Å². The Kier molecular flexibility index (Phi) is 9.43. The van der Waals surface area contributed by atoms with Gasteiger partial charge in [0.2, 0.25) is 17.7 Å². The molecule has 9 nitrogen and oxygen atoms in total. The van der Waals surface area contributed by atoms with E-state index in [1.54, 1.807) is 16.7 Å². The van der Waals surface area contributed by atoms with Crippen molar-refractivity contribution in [1.82, 2.24) is 20.0 Å². The first-order chi connectivity index (χ1) is 21.3. The number of hydrogen-bond acceptors (Lipinski definition) is 7. The molecule has 8 atom stereocenters. The van der Waals surface area contributed by atoms with Crippen molar-refractivity contribution in [2.45, 2.75) is 75.1 Å². The van der Waals surface area contributed by atoms with Crippen molar-refractivity contribution in [3.63, 3.8) is 0 Å². The topological polar surface area (TPSA) is 94.2 Å². The molecule has 4 fully saturated rings. The number of carbonyl (C=O) groups excluding carboxylic acids is 3. The minimum absolute atomic E-state index is 0.0684. The molecule has 1 aromatic carbocycles. The van der Waals surface area contributed by atoms with Crippen LogP contribution in [0.3, 0.4) is 0 Å². The van der Waals surface area contributed by atoms with Crippen LogP contribution in [0, 0.1) is 23.7 Å². The van der Waals surface area contributed by atoms with Crippen molar-refractivity contribution >= 4 is 35.2 Å². The number of thioether (sulfide) groups is 1. The molecule has 4 heterocycles. The number of nitrogens with one attached hydrogen (secondary N) is 2. The van der Waals surface area contributed by atoms with Crippen molar-refractivity contribution < 1.29 is 19.1 Å². The van der Waals surface area contributed by atoms with E-state index in [1.807, 2.05) is 42.7 Å². The maximum atomic E-state index is 14.4. The van der Waals surface area contributed by atoms with Gasteiger partial charge in [0.1, 0.15) is 11.6 Å². The van der Waals surface area contributed by atoms with Gasteiger partial charge in [0, 0.05) is 49.3 Å². The van der Waals surface area contributed by atoms with Crippen LogP contribution in [0.25, 0.3) is 0 Å². The van der Waals surface area contributed by atoms with Crippen molar-refractivity contribution in [2.75, 3.05) is 57.4 Å². The second kappa shape index (κ2) is 13.1. The molecule has 240 valence electrons. The molecule has 44 heavy (non-hydrogen) atoms. The number of rotatable bonds is 10. The summed E-state index contributed by atoms with van der Waals surface area (Å²) in [5.74, 6) is -1.05. The average Bonchev–Trinajstić information content (AvgIpc) is 3.67. The first kappa shape index (κ1) is 31.6. The van der Waals surface area contributed by atoms with Gasteiger partial charge in [-0.15, -0.1) is 11.8 Å². The standard InChI is InChI=1S/C34H49N5O4S/c1-5-37-17-19-38(20-18-37)15-8-16-39-30(32(41)36-26-12-6-9-22(2)23(26)3)34-14-13-27(43-34)28(29(34)33(39)42)31(40)35-24-10-7-11-25(21-24)44-4/h7,10-11,13-14,21-23,26-30H,5-6,8-9,12,15-20H2,1-4H3,(H,35,40)(H,36,41). The number of anilines is 1. The molecular formula is C34H49N5O4S. The Hall–Kier alpha value is -2.40. The summed E-state index contributed by atoms with van der Waals surface area (Å²) in [5, 5.41) is 6.42. The third kappa shape index (κ3) is 5.83. The molecule has 8 unspecified atom stereocenters. The van der Waals surface area contributed by atoms with Gasteiger partial charge in [-0.05, 0) is 62.2 Å². The number of carbonyl (C=O) groups is 3. The summed E-state index contributed by atoms with van der Waals surface area (Å²) in [6.45, 7) is 13.2. The number of ether oxygens (including phenoxy) is 1. The number of likely N-dealkylation sites (tertiary alicyclic amines) is 1. The number of amides is 3. The van der Waals surface area contributed by atoms with E-state index in [1.165, 1.54) is 6.42 Å². The second-order valence-corrected chi connectivity index (χ2v) is 14.3. The highest BCUT2D eigenvalue weighted by Crippen LogP contribution is 2.55. The van der Waals surface area contributed by atoms with Gasteiger partial charge >= 0.3 is 0 Å². The highest BCUT2D eigenvalue weighted by Gasteiger charge is 2.72. The van der Waals surface area contributed by atoms with Gasteiger partial charge in [-0.25, -0.2) is 0 Å². The summed E-state index contributed by atoms with van der Waals surface area (Å²) in [5.41, 5.74) is -0.437. The maximum Gasteiger partial charge on any atom is 0.246 e. The lowest BCUT2D eigenvalue weighted by atomic mass is 9.73. The molecule has 1 aliphatic carbocycles. The summed E-state index contributed by atoms with van der Waals surface area (Å²) in [6.07, 6.45) is 9.24. The van der Waals surface area contributed by atoms with E-state index in [4.69, 9.17) is 4.74 Å². The van der Waals surface area contributed by atoms with Crippen LogP contribution in [0.4, 0.5) is 5.69 Å². The first-order valence-corrected chi connectivity index (χ1v) is 17.9. The van der Waals surface area contributed by atoms with E-state index < -0.39 is 29.6 Å². The third-order valence-electron chi connectivity index (χ3n) is 11.1. The number of piperazine rings is 1. The van der Waals surface area contributed by atoms with Gasteiger partial charge in [-0.3, -0.25) is 14.4 Å². The van der Waals surface area contributed by atoms with Gasteiger partial charge in [0.05, 0.1) is 17.9 Å². The van der Waals surface area contributed by atoms with Crippen molar-refractivity contribution in [1.29, 1.82) is 0 Å². The summed E-state index contributed by atoms with van der Waals surface area (Å²) in [7, 11) is 0.